The Hall–Kier alpha value is -1.73. The van der Waals surface area contributed by atoms with Crippen LogP contribution in [0.5, 0.6) is 0 Å². The second-order valence-electron chi connectivity index (χ2n) is 4.52. The van der Waals surface area contributed by atoms with Crippen molar-refractivity contribution >= 4 is 50.7 Å². The van der Waals surface area contributed by atoms with Gasteiger partial charge in [-0.25, -0.2) is 9.97 Å². The molecule has 2 aromatic heterocycles. The Labute approximate surface area is 149 Å². The average molecular weight is 394 g/mol. The van der Waals surface area contributed by atoms with Crippen molar-refractivity contribution in [1.82, 2.24) is 14.4 Å². The van der Waals surface area contributed by atoms with E-state index >= 15 is 0 Å². The van der Waals surface area contributed by atoms with Gasteiger partial charge >= 0.3 is 0 Å². The Balaban J connectivity index is 0.000000924. The SMILES string of the molecule is CC.CSNc1cccc(Nc2nc(Br)cn3c(C)cnc23)c1. The van der Waals surface area contributed by atoms with Crippen molar-refractivity contribution in [2.45, 2.75) is 20.8 Å². The van der Waals surface area contributed by atoms with Gasteiger partial charge in [0.2, 0.25) is 0 Å². The van der Waals surface area contributed by atoms with Crippen LogP contribution in [0.2, 0.25) is 0 Å². The van der Waals surface area contributed by atoms with Gasteiger partial charge in [-0.3, -0.25) is 4.40 Å². The highest BCUT2D eigenvalue weighted by atomic mass is 79.9. The van der Waals surface area contributed by atoms with Gasteiger partial charge in [0.15, 0.2) is 11.5 Å². The van der Waals surface area contributed by atoms with Crippen LogP contribution in [-0.2, 0) is 0 Å². The summed E-state index contributed by atoms with van der Waals surface area (Å²) in [5.74, 6) is 0.721. The molecule has 122 valence electrons. The maximum absolute atomic E-state index is 4.48. The number of hydrogen-bond acceptors (Lipinski definition) is 5. The van der Waals surface area contributed by atoms with Crippen molar-refractivity contribution in [2.75, 3.05) is 16.3 Å². The monoisotopic (exact) mass is 393 g/mol. The molecule has 0 aliphatic heterocycles. The molecule has 0 saturated carbocycles. The average Bonchev–Trinajstić information content (AvgIpc) is 2.91. The summed E-state index contributed by atoms with van der Waals surface area (Å²) in [5, 5.41) is 3.33. The van der Waals surface area contributed by atoms with Gasteiger partial charge < -0.3 is 10.0 Å². The number of fused-ring (bicyclic) bond motifs is 1. The standard InChI is InChI=1S/C14H14BrN5S.C2H6/c1-9-7-16-14-13(18-12(15)8-20(9)14)17-10-4-3-5-11(6-10)19-21-2;1-2/h3-8,19H,1-2H3,(H,17,18);1-2H3. The third-order valence-corrected chi connectivity index (χ3v) is 3.82. The zero-order valence-corrected chi connectivity index (χ0v) is 16.0. The summed E-state index contributed by atoms with van der Waals surface area (Å²) >= 11 is 5.00. The van der Waals surface area contributed by atoms with Gasteiger partial charge in [0, 0.05) is 35.7 Å². The molecular weight excluding hydrogens is 374 g/mol. The zero-order chi connectivity index (χ0) is 16.8. The van der Waals surface area contributed by atoms with Gasteiger partial charge in [0.25, 0.3) is 0 Å². The van der Waals surface area contributed by atoms with Crippen LogP contribution in [-0.4, -0.2) is 20.6 Å². The molecule has 23 heavy (non-hydrogen) atoms. The first kappa shape index (κ1) is 17.6. The van der Waals surface area contributed by atoms with Crippen molar-refractivity contribution in [3.05, 3.63) is 47.0 Å². The van der Waals surface area contributed by atoms with E-state index in [1.54, 1.807) is 11.9 Å². The number of aromatic nitrogens is 3. The molecule has 0 amide bonds. The van der Waals surface area contributed by atoms with Crippen LogP contribution in [0, 0.1) is 6.92 Å². The van der Waals surface area contributed by atoms with Crippen molar-refractivity contribution in [2.24, 2.45) is 0 Å². The lowest BCUT2D eigenvalue weighted by Crippen LogP contribution is -2.00. The Morgan fingerprint density at radius 1 is 1.22 bits per heavy atom. The second-order valence-corrected chi connectivity index (χ2v) is 5.94. The Morgan fingerprint density at radius 3 is 2.70 bits per heavy atom. The number of benzene rings is 1. The molecule has 0 spiro atoms. The molecule has 2 heterocycles. The van der Waals surface area contributed by atoms with E-state index in [4.69, 9.17) is 0 Å². The summed E-state index contributed by atoms with van der Waals surface area (Å²) in [6.07, 6.45) is 5.74. The summed E-state index contributed by atoms with van der Waals surface area (Å²) in [4.78, 5) is 8.89. The van der Waals surface area contributed by atoms with Crippen molar-refractivity contribution in [3.8, 4) is 0 Å². The van der Waals surface area contributed by atoms with Crippen molar-refractivity contribution in [1.29, 1.82) is 0 Å². The number of nitrogens with one attached hydrogen (secondary N) is 2. The fourth-order valence-corrected chi connectivity index (χ4v) is 2.82. The van der Waals surface area contributed by atoms with Crippen LogP contribution < -0.4 is 10.0 Å². The maximum Gasteiger partial charge on any atom is 0.180 e. The first-order valence-corrected chi connectivity index (χ1v) is 9.35. The highest BCUT2D eigenvalue weighted by Gasteiger charge is 2.09. The topological polar surface area (TPSA) is 54.2 Å². The predicted molar refractivity (Wildman–Crippen MR) is 104 cm³/mol. The molecule has 3 rings (SSSR count). The minimum absolute atomic E-state index is 0.721. The summed E-state index contributed by atoms with van der Waals surface area (Å²) in [6.45, 7) is 6.01. The highest BCUT2D eigenvalue weighted by molar-refractivity contribution is 9.10. The van der Waals surface area contributed by atoms with Crippen LogP contribution >= 0.6 is 27.9 Å². The third-order valence-electron chi connectivity index (χ3n) is 2.99. The van der Waals surface area contributed by atoms with Crippen LogP contribution in [0.25, 0.3) is 5.65 Å². The largest absolute Gasteiger partial charge is 0.337 e. The fraction of sp³-hybridized carbons (Fsp3) is 0.250. The molecule has 0 saturated heterocycles. The van der Waals surface area contributed by atoms with E-state index in [0.29, 0.717) is 0 Å². The van der Waals surface area contributed by atoms with Crippen LogP contribution in [0.4, 0.5) is 17.2 Å². The third kappa shape index (κ3) is 4.17. The summed E-state index contributed by atoms with van der Waals surface area (Å²) in [6, 6.07) is 8.05. The van der Waals surface area contributed by atoms with E-state index < -0.39 is 0 Å². The molecule has 0 bridgehead atoms. The molecule has 0 aliphatic rings. The maximum atomic E-state index is 4.48. The van der Waals surface area contributed by atoms with Crippen LogP contribution in [0.1, 0.15) is 19.5 Å². The number of hydrogen-bond donors (Lipinski definition) is 2. The van der Waals surface area contributed by atoms with Gasteiger partial charge in [-0.2, -0.15) is 0 Å². The van der Waals surface area contributed by atoms with Crippen LogP contribution in [0.3, 0.4) is 0 Å². The van der Waals surface area contributed by atoms with E-state index in [1.807, 2.05) is 68.1 Å². The lowest BCUT2D eigenvalue weighted by molar-refractivity contribution is 1.06. The Bertz CT molecular complexity index is 787. The molecule has 0 fully saturated rings. The van der Waals surface area contributed by atoms with E-state index in [-0.39, 0.29) is 0 Å². The van der Waals surface area contributed by atoms with E-state index in [1.165, 1.54) is 0 Å². The Morgan fingerprint density at radius 2 is 1.96 bits per heavy atom. The first-order valence-electron chi connectivity index (χ1n) is 7.33. The normalized spacial score (nSPS) is 10.1. The molecule has 7 heteroatoms. The summed E-state index contributed by atoms with van der Waals surface area (Å²) < 4.78 is 5.98. The van der Waals surface area contributed by atoms with Gasteiger partial charge in [-0.1, -0.05) is 31.9 Å². The number of halogens is 1. The molecule has 5 nitrogen and oxygen atoms in total. The van der Waals surface area contributed by atoms with Gasteiger partial charge in [-0.05, 0) is 41.1 Å². The fourth-order valence-electron chi connectivity index (χ4n) is 2.08. The van der Waals surface area contributed by atoms with Crippen molar-refractivity contribution < 1.29 is 0 Å². The molecule has 1 aromatic carbocycles. The van der Waals surface area contributed by atoms with Crippen LogP contribution in [0.15, 0.2) is 41.3 Å². The smallest absolute Gasteiger partial charge is 0.180 e. The number of nitrogens with zero attached hydrogens (tertiary/aromatic N) is 3. The number of anilines is 3. The molecular formula is C16H20BrN5S. The zero-order valence-electron chi connectivity index (χ0n) is 13.6. The molecule has 0 aliphatic carbocycles. The molecule has 0 unspecified atom stereocenters. The molecule has 2 N–H and O–H groups in total. The molecule has 0 atom stereocenters. The minimum atomic E-state index is 0.721. The van der Waals surface area contributed by atoms with Gasteiger partial charge in [0.1, 0.15) is 4.60 Å². The number of aryl methyl sites for hydroxylation is 1. The highest BCUT2D eigenvalue weighted by Crippen LogP contribution is 2.24. The Kier molecular flexibility index (Phi) is 6.29. The first-order chi connectivity index (χ1) is 11.2. The van der Waals surface area contributed by atoms with E-state index in [2.05, 4.69) is 35.9 Å². The van der Waals surface area contributed by atoms with Gasteiger partial charge in [-0.15, -0.1) is 0 Å². The predicted octanol–water partition coefficient (Wildman–Crippen LogP) is 5.26. The second kappa shape index (κ2) is 8.21. The quantitative estimate of drug-likeness (QED) is 0.591. The lowest BCUT2D eigenvalue weighted by atomic mass is 10.3. The van der Waals surface area contributed by atoms with Gasteiger partial charge in [0.05, 0.1) is 0 Å². The molecule has 0 radical (unpaired) electrons. The molecule has 3 aromatic rings. The summed E-state index contributed by atoms with van der Waals surface area (Å²) in [5.41, 5.74) is 3.87. The number of imidazole rings is 1. The minimum Gasteiger partial charge on any atom is -0.337 e. The number of rotatable bonds is 4. The summed E-state index contributed by atoms with van der Waals surface area (Å²) in [7, 11) is 0. The van der Waals surface area contributed by atoms with E-state index in [9.17, 15) is 0 Å². The lowest BCUT2D eigenvalue weighted by Gasteiger charge is -2.10. The van der Waals surface area contributed by atoms with E-state index in [0.717, 1.165) is 33.1 Å². The van der Waals surface area contributed by atoms with Crippen molar-refractivity contribution in [3.63, 3.8) is 0 Å².